The Morgan fingerprint density at radius 2 is 2.00 bits per heavy atom. The molecule has 1 saturated heterocycles. The van der Waals surface area contributed by atoms with Gasteiger partial charge in [-0.1, -0.05) is 0 Å². The van der Waals surface area contributed by atoms with Crippen LogP contribution in [0.3, 0.4) is 0 Å². The normalized spacial score (nSPS) is 24.0. The van der Waals surface area contributed by atoms with E-state index in [2.05, 4.69) is 10.3 Å². The lowest BCUT2D eigenvalue weighted by atomic mass is 9.85. The van der Waals surface area contributed by atoms with E-state index < -0.39 is 4.92 Å². The molecule has 7 nitrogen and oxygen atoms in total. The molecule has 136 valence electrons. The molecule has 0 radical (unpaired) electrons. The van der Waals surface area contributed by atoms with E-state index in [1.54, 1.807) is 13.0 Å². The topological polar surface area (TPSA) is 88.4 Å². The van der Waals surface area contributed by atoms with Gasteiger partial charge in [-0.2, -0.15) is 11.8 Å². The minimum Gasteiger partial charge on any atom is -0.367 e. The predicted molar refractivity (Wildman–Crippen MR) is 98.9 cm³/mol. The molecule has 2 heterocycles. The van der Waals surface area contributed by atoms with Crippen molar-refractivity contribution in [3.63, 3.8) is 0 Å². The highest BCUT2D eigenvalue weighted by atomic mass is 32.2. The quantitative estimate of drug-likeness (QED) is 0.653. The molecule has 1 N–H and O–H groups in total. The lowest BCUT2D eigenvalue weighted by Gasteiger charge is -2.34. The van der Waals surface area contributed by atoms with Crippen molar-refractivity contribution in [2.24, 2.45) is 5.92 Å². The Morgan fingerprint density at radius 3 is 2.60 bits per heavy atom. The number of nitrogens with zero attached hydrogens (tertiary/aromatic N) is 3. The third-order valence-corrected chi connectivity index (χ3v) is 5.97. The first-order valence-corrected chi connectivity index (χ1v) is 9.94. The van der Waals surface area contributed by atoms with Crippen molar-refractivity contribution in [3.05, 3.63) is 27.9 Å². The Balaban J connectivity index is 1.51. The average Bonchev–Trinajstić information content (AvgIpc) is 2.62. The van der Waals surface area contributed by atoms with Crippen LogP contribution >= 0.6 is 11.8 Å². The van der Waals surface area contributed by atoms with Crippen LogP contribution < -0.4 is 5.32 Å². The fourth-order valence-corrected chi connectivity index (χ4v) is 4.46. The van der Waals surface area contributed by atoms with Crippen LogP contribution in [0.2, 0.25) is 0 Å². The highest BCUT2D eigenvalue weighted by molar-refractivity contribution is 7.99. The van der Waals surface area contributed by atoms with Crippen molar-refractivity contribution in [3.8, 4) is 0 Å². The van der Waals surface area contributed by atoms with Gasteiger partial charge in [0.25, 0.3) is 5.69 Å². The smallest absolute Gasteiger partial charge is 0.290 e. The number of hydrogen-bond acceptors (Lipinski definition) is 6. The lowest BCUT2D eigenvalue weighted by Crippen LogP contribution is -2.43. The number of carbonyl (C=O) groups excluding carboxylic acids is 1. The van der Waals surface area contributed by atoms with E-state index in [1.807, 2.05) is 16.7 Å². The molecule has 3 rings (SSSR count). The number of hydrogen-bond donors (Lipinski definition) is 1. The summed E-state index contributed by atoms with van der Waals surface area (Å²) >= 11 is 1.92. The summed E-state index contributed by atoms with van der Waals surface area (Å²) in [6.07, 6.45) is 4.95. The molecule has 0 spiro atoms. The first-order valence-electron chi connectivity index (χ1n) is 8.78. The molecule has 0 unspecified atom stereocenters. The summed E-state index contributed by atoms with van der Waals surface area (Å²) in [5, 5.41) is 14.2. The average molecular weight is 364 g/mol. The van der Waals surface area contributed by atoms with Crippen LogP contribution in [0.4, 0.5) is 11.5 Å². The second-order valence-corrected chi connectivity index (χ2v) is 7.97. The number of nitrogens with one attached hydrogen (secondary N) is 1. The molecule has 2 fully saturated rings. The molecule has 0 bridgehead atoms. The molecule has 0 atom stereocenters. The zero-order valence-corrected chi connectivity index (χ0v) is 15.3. The molecule has 1 amide bonds. The number of rotatable bonds is 4. The number of anilines is 1. The minimum atomic E-state index is -0.415. The highest BCUT2D eigenvalue weighted by Crippen LogP contribution is 2.29. The Bertz CT molecular complexity index is 641. The molecule has 8 heteroatoms. The Morgan fingerprint density at radius 1 is 1.32 bits per heavy atom. The molecule has 1 aliphatic carbocycles. The Kier molecular flexibility index (Phi) is 5.78. The lowest BCUT2D eigenvalue weighted by molar-refractivity contribution is -0.385. The van der Waals surface area contributed by atoms with Crippen molar-refractivity contribution in [2.75, 3.05) is 29.9 Å². The molecule has 0 aromatic carbocycles. The van der Waals surface area contributed by atoms with Gasteiger partial charge in [0.1, 0.15) is 12.0 Å². The highest BCUT2D eigenvalue weighted by Gasteiger charge is 2.30. The van der Waals surface area contributed by atoms with E-state index in [0.29, 0.717) is 17.3 Å². The molecule has 1 aliphatic heterocycles. The molecular formula is C17H24N4O3S. The van der Waals surface area contributed by atoms with Crippen LogP contribution in [-0.4, -0.2) is 51.4 Å². The van der Waals surface area contributed by atoms with Gasteiger partial charge in [-0.25, -0.2) is 4.98 Å². The van der Waals surface area contributed by atoms with E-state index in [0.717, 1.165) is 50.3 Å². The van der Waals surface area contributed by atoms with Crippen LogP contribution in [0.15, 0.2) is 12.3 Å². The van der Waals surface area contributed by atoms with Gasteiger partial charge in [0, 0.05) is 42.1 Å². The minimum absolute atomic E-state index is 0.0412. The Hall–Kier alpha value is -1.83. The fraction of sp³-hybridized carbons (Fsp3) is 0.647. The van der Waals surface area contributed by atoms with E-state index >= 15 is 0 Å². The van der Waals surface area contributed by atoms with Gasteiger partial charge in [0.15, 0.2) is 0 Å². The predicted octanol–water partition coefficient (Wildman–Crippen LogP) is 2.84. The van der Waals surface area contributed by atoms with Crippen LogP contribution in [-0.2, 0) is 4.79 Å². The van der Waals surface area contributed by atoms with Crippen molar-refractivity contribution >= 4 is 29.2 Å². The summed E-state index contributed by atoms with van der Waals surface area (Å²) in [4.78, 5) is 29.2. The summed E-state index contributed by atoms with van der Waals surface area (Å²) in [6, 6.07) is 2.00. The van der Waals surface area contributed by atoms with Gasteiger partial charge in [0.2, 0.25) is 5.91 Å². The Labute approximate surface area is 151 Å². The number of aryl methyl sites for hydroxylation is 1. The zero-order valence-electron chi connectivity index (χ0n) is 14.4. The van der Waals surface area contributed by atoms with Crippen LogP contribution in [0, 0.1) is 23.0 Å². The monoisotopic (exact) mass is 364 g/mol. The maximum absolute atomic E-state index is 12.6. The van der Waals surface area contributed by atoms with Gasteiger partial charge in [-0.15, -0.1) is 0 Å². The van der Waals surface area contributed by atoms with E-state index in [1.165, 1.54) is 6.20 Å². The van der Waals surface area contributed by atoms with Crippen molar-refractivity contribution in [1.29, 1.82) is 0 Å². The molecule has 1 aromatic rings. The van der Waals surface area contributed by atoms with Gasteiger partial charge in [0.05, 0.1) is 4.92 Å². The maximum atomic E-state index is 12.6. The van der Waals surface area contributed by atoms with E-state index in [4.69, 9.17) is 0 Å². The zero-order chi connectivity index (χ0) is 17.8. The third-order valence-electron chi connectivity index (χ3n) is 5.03. The molecule has 1 aromatic heterocycles. The second-order valence-electron chi connectivity index (χ2n) is 6.74. The van der Waals surface area contributed by atoms with Crippen molar-refractivity contribution in [2.45, 2.75) is 38.6 Å². The largest absolute Gasteiger partial charge is 0.367 e. The van der Waals surface area contributed by atoms with Gasteiger partial charge in [-0.05, 0) is 38.7 Å². The number of nitro groups is 1. The molecular weight excluding hydrogens is 340 g/mol. The van der Waals surface area contributed by atoms with E-state index in [-0.39, 0.29) is 17.6 Å². The van der Waals surface area contributed by atoms with Crippen molar-refractivity contribution in [1.82, 2.24) is 9.88 Å². The molecule has 1 saturated carbocycles. The first-order chi connectivity index (χ1) is 12.0. The fourth-order valence-electron chi connectivity index (χ4n) is 3.55. The van der Waals surface area contributed by atoms with Crippen LogP contribution in [0.1, 0.15) is 31.2 Å². The standard InChI is InChI=1S/C17H24N4O3S/c1-12-10-16(18-11-15(12)21(23)24)19-14-4-2-13(3-5-14)17(22)20-6-8-25-9-7-20/h10-11,13-14H,2-9H2,1H3,(H,18,19). The first kappa shape index (κ1) is 18.0. The SMILES string of the molecule is Cc1cc(NC2CCC(C(=O)N3CCSCC3)CC2)ncc1[N+](=O)[O-]. The van der Waals surface area contributed by atoms with E-state index in [9.17, 15) is 14.9 Å². The van der Waals surface area contributed by atoms with Crippen molar-refractivity contribution < 1.29 is 9.72 Å². The number of pyridine rings is 1. The molecule has 2 aliphatic rings. The summed E-state index contributed by atoms with van der Waals surface area (Å²) in [5.41, 5.74) is 0.647. The number of thioether (sulfide) groups is 1. The van der Waals surface area contributed by atoms with Gasteiger partial charge >= 0.3 is 0 Å². The number of aromatic nitrogens is 1. The second kappa shape index (κ2) is 8.03. The maximum Gasteiger partial charge on any atom is 0.290 e. The number of amides is 1. The summed E-state index contributed by atoms with van der Waals surface area (Å²) < 4.78 is 0. The third kappa shape index (κ3) is 4.42. The summed E-state index contributed by atoms with van der Waals surface area (Å²) in [7, 11) is 0. The van der Waals surface area contributed by atoms with Crippen LogP contribution in [0.5, 0.6) is 0 Å². The summed E-state index contributed by atoms with van der Waals surface area (Å²) in [6.45, 7) is 3.48. The molecule has 25 heavy (non-hydrogen) atoms. The van der Waals surface area contributed by atoms with Gasteiger partial charge in [-0.3, -0.25) is 14.9 Å². The summed E-state index contributed by atoms with van der Waals surface area (Å²) in [5.74, 6) is 3.24. The van der Waals surface area contributed by atoms with Crippen LogP contribution in [0.25, 0.3) is 0 Å². The van der Waals surface area contributed by atoms with Gasteiger partial charge < -0.3 is 10.2 Å². The number of carbonyl (C=O) groups is 1.